The molecule has 0 saturated carbocycles. The number of hydrogen-bond donors (Lipinski definition) is 0. The van der Waals surface area contributed by atoms with Crippen molar-refractivity contribution in [1.29, 1.82) is 0 Å². The maximum atomic E-state index is 5.59. The van der Waals surface area contributed by atoms with E-state index in [1.54, 1.807) is 0 Å². The van der Waals surface area contributed by atoms with E-state index in [9.17, 15) is 0 Å². The van der Waals surface area contributed by atoms with Crippen LogP contribution >= 0.6 is 0 Å². The third-order valence-electron chi connectivity index (χ3n) is 10.2. The SMILES string of the molecule is c1ccc(-c2cc(-c3ccccc3)nc(-c3cccc4ccc5c(-c6ccccc6)nc6c(N(c7ccccc7)c7ccccc7)cccc6c5c34)n2)cc1. The number of pyridine rings is 1. The number of rotatable bonds is 7. The number of aromatic nitrogens is 3. The van der Waals surface area contributed by atoms with Crippen molar-refractivity contribution >= 4 is 49.5 Å². The first kappa shape index (κ1) is 32.2. The van der Waals surface area contributed by atoms with Gasteiger partial charge in [0.15, 0.2) is 5.82 Å². The second kappa shape index (κ2) is 13.8. The highest BCUT2D eigenvalue weighted by Gasteiger charge is 2.22. The summed E-state index contributed by atoms with van der Waals surface area (Å²) in [5.41, 5.74) is 10.8. The molecule has 0 aliphatic rings. The maximum Gasteiger partial charge on any atom is 0.161 e. The molecule has 4 nitrogen and oxygen atoms in total. The van der Waals surface area contributed by atoms with E-state index in [0.29, 0.717) is 5.82 Å². The third kappa shape index (κ3) is 5.87. The molecule has 55 heavy (non-hydrogen) atoms. The first-order valence-electron chi connectivity index (χ1n) is 18.5. The highest BCUT2D eigenvalue weighted by atomic mass is 15.1. The molecule has 0 spiro atoms. The van der Waals surface area contributed by atoms with Gasteiger partial charge in [0.25, 0.3) is 0 Å². The lowest BCUT2D eigenvalue weighted by molar-refractivity contribution is 1.19. The largest absolute Gasteiger partial charge is 0.308 e. The van der Waals surface area contributed by atoms with E-state index in [1.807, 2.05) is 12.1 Å². The molecule has 2 aromatic heterocycles. The highest BCUT2D eigenvalue weighted by Crippen LogP contribution is 2.45. The molecule has 0 N–H and O–H groups in total. The number of para-hydroxylation sites is 3. The minimum Gasteiger partial charge on any atom is -0.308 e. The van der Waals surface area contributed by atoms with Gasteiger partial charge in [0.1, 0.15) is 0 Å². The molecular formula is C51H34N4. The van der Waals surface area contributed by atoms with Crippen LogP contribution in [0.5, 0.6) is 0 Å². The van der Waals surface area contributed by atoms with Crippen LogP contribution in [-0.2, 0) is 0 Å². The Morgan fingerprint density at radius 2 is 0.891 bits per heavy atom. The lowest BCUT2D eigenvalue weighted by atomic mass is 9.92. The van der Waals surface area contributed by atoms with Crippen LogP contribution in [-0.4, -0.2) is 15.0 Å². The van der Waals surface area contributed by atoms with Crippen LogP contribution in [0.4, 0.5) is 17.1 Å². The molecule has 0 amide bonds. The zero-order valence-electron chi connectivity index (χ0n) is 29.9. The second-order valence-electron chi connectivity index (χ2n) is 13.6. The summed E-state index contributed by atoms with van der Waals surface area (Å²) in [6, 6.07) is 71.9. The van der Waals surface area contributed by atoms with Crippen LogP contribution in [0.25, 0.3) is 77.6 Å². The molecule has 0 atom stereocenters. The van der Waals surface area contributed by atoms with Crippen molar-refractivity contribution in [3.05, 3.63) is 206 Å². The minimum atomic E-state index is 0.677. The average Bonchev–Trinajstić information content (AvgIpc) is 3.27. The Bertz CT molecular complexity index is 2850. The standard InChI is InChI=1S/C51H34N4/c1-6-18-35(19-7-1)44-34-45(36-20-8-2-9-21-36)53-51(52-44)43-30-16-24-37-32-33-42-48(47(37)43)41-29-17-31-46(50(41)54-49(42)38-22-10-3-11-23-38)55(39-25-12-4-13-26-39)40-27-14-5-15-28-40/h1-34H. The smallest absolute Gasteiger partial charge is 0.161 e. The summed E-state index contributed by atoms with van der Waals surface area (Å²) >= 11 is 0. The van der Waals surface area contributed by atoms with Crippen LogP contribution < -0.4 is 4.90 Å². The minimum absolute atomic E-state index is 0.677. The summed E-state index contributed by atoms with van der Waals surface area (Å²) in [5.74, 6) is 0.677. The monoisotopic (exact) mass is 702 g/mol. The number of nitrogens with zero attached hydrogens (tertiary/aromatic N) is 4. The quantitative estimate of drug-likeness (QED) is 0.155. The summed E-state index contributed by atoms with van der Waals surface area (Å²) in [6.45, 7) is 0. The van der Waals surface area contributed by atoms with Gasteiger partial charge in [-0.05, 0) is 41.8 Å². The van der Waals surface area contributed by atoms with Gasteiger partial charge in [0.2, 0.25) is 0 Å². The van der Waals surface area contributed by atoms with Crippen LogP contribution in [0.3, 0.4) is 0 Å². The van der Waals surface area contributed by atoms with Gasteiger partial charge in [-0.1, -0.05) is 170 Å². The summed E-state index contributed by atoms with van der Waals surface area (Å²) in [7, 11) is 0. The summed E-state index contributed by atoms with van der Waals surface area (Å²) in [6.07, 6.45) is 0. The number of hydrogen-bond acceptors (Lipinski definition) is 4. The Balaban J connectivity index is 1.33. The van der Waals surface area contributed by atoms with Crippen molar-refractivity contribution in [3.63, 3.8) is 0 Å². The van der Waals surface area contributed by atoms with Crippen LogP contribution in [0, 0.1) is 0 Å². The molecule has 10 rings (SSSR count). The predicted molar refractivity (Wildman–Crippen MR) is 229 cm³/mol. The molecular weight excluding hydrogens is 669 g/mol. The average molecular weight is 703 g/mol. The van der Waals surface area contributed by atoms with Crippen molar-refractivity contribution in [1.82, 2.24) is 15.0 Å². The van der Waals surface area contributed by atoms with E-state index in [0.717, 1.165) is 88.8 Å². The van der Waals surface area contributed by atoms with E-state index >= 15 is 0 Å². The van der Waals surface area contributed by atoms with Gasteiger partial charge in [0, 0.05) is 55.2 Å². The molecule has 8 aromatic carbocycles. The van der Waals surface area contributed by atoms with Crippen molar-refractivity contribution in [2.45, 2.75) is 0 Å². The summed E-state index contributed by atoms with van der Waals surface area (Å²) < 4.78 is 0. The molecule has 0 aliphatic heterocycles. The fraction of sp³-hybridized carbons (Fsp3) is 0. The predicted octanol–water partition coefficient (Wildman–Crippen LogP) is 13.5. The van der Waals surface area contributed by atoms with Crippen molar-refractivity contribution in [2.75, 3.05) is 4.90 Å². The maximum absolute atomic E-state index is 5.59. The molecule has 258 valence electrons. The Kier molecular flexibility index (Phi) is 8.12. The molecule has 0 radical (unpaired) electrons. The fourth-order valence-corrected chi connectivity index (χ4v) is 7.72. The van der Waals surface area contributed by atoms with Gasteiger partial charge in [-0.25, -0.2) is 15.0 Å². The van der Waals surface area contributed by atoms with Gasteiger partial charge >= 0.3 is 0 Å². The van der Waals surface area contributed by atoms with Gasteiger partial charge in [0.05, 0.1) is 28.3 Å². The molecule has 0 fully saturated rings. The number of benzene rings is 8. The first-order chi connectivity index (χ1) is 27.3. The molecule has 0 aliphatic carbocycles. The third-order valence-corrected chi connectivity index (χ3v) is 10.2. The van der Waals surface area contributed by atoms with Gasteiger partial charge < -0.3 is 4.90 Å². The summed E-state index contributed by atoms with van der Waals surface area (Å²) in [5, 5.41) is 5.46. The topological polar surface area (TPSA) is 41.9 Å². The molecule has 10 aromatic rings. The molecule has 0 unspecified atom stereocenters. The molecule has 4 heteroatoms. The summed E-state index contributed by atoms with van der Waals surface area (Å²) in [4.78, 5) is 18.5. The van der Waals surface area contributed by atoms with E-state index in [-0.39, 0.29) is 0 Å². The van der Waals surface area contributed by atoms with Crippen molar-refractivity contribution in [3.8, 4) is 45.2 Å². The second-order valence-corrected chi connectivity index (χ2v) is 13.6. The Hall–Kier alpha value is -7.43. The lowest BCUT2D eigenvalue weighted by Crippen LogP contribution is -2.11. The van der Waals surface area contributed by atoms with Crippen LogP contribution in [0.1, 0.15) is 0 Å². The molecule has 0 bridgehead atoms. The Labute approximate surface area is 319 Å². The first-order valence-corrected chi connectivity index (χ1v) is 18.5. The zero-order chi connectivity index (χ0) is 36.6. The van der Waals surface area contributed by atoms with E-state index < -0.39 is 0 Å². The van der Waals surface area contributed by atoms with Gasteiger partial charge in [-0.3, -0.25) is 0 Å². The van der Waals surface area contributed by atoms with Crippen LogP contribution in [0.15, 0.2) is 206 Å². The van der Waals surface area contributed by atoms with Gasteiger partial charge in [-0.15, -0.1) is 0 Å². The zero-order valence-corrected chi connectivity index (χ0v) is 29.9. The normalized spacial score (nSPS) is 11.3. The molecule has 0 saturated heterocycles. The van der Waals surface area contributed by atoms with E-state index in [1.165, 1.54) is 0 Å². The highest BCUT2D eigenvalue weighted by molar-refractivity contribution is 6.27. The van der Waals surface area contributed by atoms with Crippen molar-refractivity contribution < 1.29 is 0 Å². The van der Waals surface area contributed by atoms with Crippen LogP contribution in [0.2, 0.25) is 0 Å². The van der Waals surface area contributed by atoms with E-state index in [4.69, 9.17) is 15.0 Å². The molecule has 2 heterocycles. The number of anilines is 3. The Morgan fingerprint density at radius 3 is 1.47 bits per heavy atom. The fourth-order valence-electron chi connectivity index (χ4n) is 7.72. The van der Waals surface area contributed by atoms with Gasteiger partial charge in [-0.2, -0.15) is 0 Å². The Morgan fingerprint density at radius 1 is 0.364 bits per heavy atom. The number of fused-ring (bicyclic) bond motifs is 5. The van der Waals surface area contributed by atoms with Crippen molar-refractivity contribution in [2.24, 2.45) is 0 Å². The van der Waals surface area contributed by atoms with E-state index in [2.05, 4.69) is 199 Å². The lowest BCUT2D eigenvalue weighted by Gasteiger charge is -2.27.